The molecule has 0 bridgehead atoms. The van der Waals surface area contributed by atoms with Gasteiger partial charge in [0.05, 0.1) is 24.1 Å². The van der Waals surface area contributed by atoms with E-state index >= 15 is 0 Å². The second-order valence-electron chi connectivity index (χ2n) is 10.0. The summed E-state index contributed by atoms with van der Waals surface area (Å²) in [4.78, 5) is 40.9. The van der Waals surface area contributed by atoms with Crippen LogP contribution in [0, 0.1) is 0 Å². The van der Waals surface area contributed by atoms with Crippen LogP contribution in [-0.4, -0.2) is 52.8 Å². The number of fused-ring (bicyclic) bond motifs is 1. The van der Waals surface area contributed by atoms with Crippen LogP contribution < -0.4 is 15.8 Å². The number of nitrogens with one attached hydrogen (secondary N) is 1. The minimum absolute atomic E-state index is 0.0370. The fourth-order valence-corrected chi connectivity index (χ4v) is 4.73. The molecule has 4 rings (SSSR count). The summed E-state index contributed by atoms with van der Waals surface area (Å²) in [6, 6.07) is 16.4. The van der Waals surface area contributed by atoms with Crippen molar-refractivity contribution < 1.29 is 19.1 Å². The van der Waals surface area contributed by atoms with Crippen LogP contribution in [-0.2, 0) is 16.0 Å². The van der Waals surface area contributed by atoms with E-state index in [1.54, 1.807) is 30.9 Å². The SMILES string of the molecule is CC(C)(N)C(=O)N[C@H](CCc1ccccc1)C(=O)N1CCCC2(CC(=O)c3ccccc3O2)C1. The van der Waals surface area contributed by atoms with Crippen molar-refractivity contribution in [3.8, 4) is 5.75 Å². The van der Waals surface area contributed by atoms with E-state index in [-0.39, 0.29) is 24.0 Å². The summed E-state index contributed by atoms with van der Waals surface area (Å²) in [6.07, 6.45) is 2.77. The molecule has 2 heterocycles. The van der Waals surface area contributed by atoms with Crippen molar-refractivity contribution in [2.75, 3.05) is 13.1 Å². The lowest BCUT2D eigenvalue weighted by molar-refractivity contribution is -0.142. The molecule has 3 N–H and O–H groups in total. The van der Waals surface area contributed by atoms with Crippen molar-refractivity contribution in [1.29, 1.82) is 0 Å². The molecule has 1 saturated heterocycles. The number of ketones is 1. The molecule has 34 heavy (non-hydrogen) atoms. The zero-order chi connectivity index (χ0) is 24.3. The van der Waals surface area contributed by atoms with Crippen molar-refractivity contribution in [1.82, 2.24) is 10.2 Å². The average Bonchev–Trinajstić information content (AvgIpc) is 2.81. The van der Waals surface area contributed by atoms with E-state index in [0.717, 1.165) is 12.0 Å². The van der Waals surface area contributed by atoms with E-state index in [1.165, 1.54) is 0 Å². The van der Waals surface area contributed by atoms with Gasteiger partial charge in [-0.05, 0) is 57.2 Å². The van der Waals surface area contributed by atoms with Gasteiger partial charge < -0.3 is 20.7 Å². The average molecular weight is 464 g/mol. The van der Waals surface area contributed by atoms with Gasteiger partial charge in [-0.15, -0.1) is 0 Å². The summed E-state index contributed by atoms with van der Waals surface area (Å²) in [5.74, 6) is 0.0768. The molecule has 2 aromatic rings. The van der Waals surface area contributed by atoms with Gasteiger partial charge in [0.15, 0.2) is 5.78 Å². The largest absolute Gasteiger partial charge is 0.484 e. The molecular formula is C27H33N3O4. The maximum Gasteiger partial charge on any atom is 0.245 e. The van der Waals surface area contributed by atoms with Crippen molar-refractivity contribution in [2.45, 2.75) is 63.1 Å². The number of carbonyl (C=O) groups is 3. The fraction of sp³-hybridized carbons (Fsp3) is 0.444. The number of nitrogens with two attached hydrogens (primary N) is 1. The molecule has 7 nitrogen and oxygen atoms in total. The van der Waals surface area contributed by atoms with Crippen LogP contribution in [0.25, 0.3) is 0 Å². The lowest BCUT2D eigenvalue weighted by Crippen LogP contribution is -2.61. The topological polar surface area (TPSA) is 102 Å². The second-order valence-corrected chi connectivity index (χ2v) is 10.0. The number of hydrogen-bond acceptors (Lipinski definition) is 5. The summed E-state index contributed by atoms with van der Waals surface area (Å²) < 4.78 is 6.33. The molecule has 2 aliphatic heterocycles. The van der Waals surface area contributed by atoms with Crippen molar-refractivity contribution in [3.05, 3.63) is 65.7 Å². The molecule has 1 fully saturated rings. The Bertz CT molecular complexity index is 1060. The van der Waals surface area contributed by atoms with E-state index in [4.69, 9.17) is 10.5 Å². The van der Waals surface area contributed by atoms with Crippen LogP contribution in [0.4, 0.5) is 0 Å². The van der Waals surface area contributed by atoms with Gasteiger partial charge in [0.25, 0.3) is 0 Å². The molecule has 2 aliphatic rings. The molecule has 1 spiro atoms. The first-order valence-corrected chi connectivity index (χ1v) is 11.9. The minimum Gasteiger partial charge on any atom is -0.484 e. The number of hydrogen-bond donors (Lipinski definition) is 2. The number of nitrogens with zero attached hydrogens (tertiary/aromatic N) is 1. The molecule has 7 heteroatoms. The number of likely N-dealkylation sites (tertiary alicyclic amines) is 1. The van der Waals surface area contributed by atoms with E-state index in [9.17, 15) is 14.4 Å². The smallest absolute Gasteiger partial charge is 0.245 e. The number of para-hydroxylation sites is 1. The van der Waals surface area contributed by atoms with E-state index in [0.29, 0.717) is 43.7 Å². The summed E-state index contributed by atoms with van der Waals surface area (Å²) in [5, 5.41) is 2.88. The van der Waals surface area contributed by atoms with Gasteiger partial charge >= 0.3 is 0 Å². The van der Waals surface area contributed by atoms with Gasteiger partial charge in [0.2, 0.25) is 11.8 Å². The van der Waals surface area contributed by atoms with Crippen LogP contribution in [0.2, 0.25) is 0 Å². The van der Waals surface area contributed by atoms with Gasteiger partial charge in [-0.25, -0.2) is 0 Å². The lowest BCUT2D eigenvalue weighted by atomic mass is 9.83. The molecule has 180 valence electrons. The lowest BCUT2D eigenvalue weighted by Gasteiger charge is -2.45. The molecule has 0 aliphatic carbocycles. The number of Topliss-reactive ketones (excluding diaryl/α,β-unsaturated/α-hetero) is 1. The Kier molecular flexibility index (Phi) is 6.75. The third-order valence-corrected chi connectivity index (χ3v) is 6.60. The Balaban J connectivity index is 1.52. The van der Waals surface area contributed by atoms with Crippen molar-refractivity contribution in [2.24, 2.45) is 5.73 Å². The zero-order valence-corrected chi connectivity index (χ0v) is 19.9. The number of aryl methyl sites for hydroxylation is 1. The Morgan fingerprint density at radius 1 is 1.15 bits per heavy atom. The summed E-state index contributed by atoms with van der Waals surface area (Å²) >= 11 is 0. The van der Waals surface area contributed by atoms with Crippen molar-refractivity contribution >= 4 is 17.6 Å². The van der Waals surface area contributed by atoms with Gasteiger partial charge in [0.1, 0.15) is 17.4 Å². The molecule has 1 unspecified atom stereocenters. The molecule has 2 atom stereocenters. The molecule has 2 aromatic carbocycles. The number of amides is 2. The first-order chi connectivity index (χ1) is 16.2. The molecule has 0 radical (unpaired) electrons. The van der Waals surface area contributed by atoms with Gasteiger partial charge in [-0.2, -0.15) is 0 Å². The highest BCUT2D eigenvalue weighted by Crippen LogP contribution is 2.38. The van der Waals surface area contributed by atoms with E-state index in [1.807, 2.05) is 42.5 Å². The summed E-state index contributed by atoms with van der Waals surface area (Å²) in [6.45, 7) is 4.12. The standard InChI is InChI=1S/C27H33N3O4/c1-26(2,28)25(33)29-21(14-13-19-9-4-3-5-10-19)24(32)30-16-8-15-27(18-30)17-22(31)20-11-6-7-12-23(20)34-27/h3-7,9-12,21H,8,13-18,28H2,1-2H3,(H,29,33)/t21-,27?/m1/s1. The monoisotopic (exact) mass is 463 g/mol. The minimum atomic E-state index is -1.10. The first kappa shape index (κ1) is 24.0. The zero-order valence-electron chi connectivity index (χ0n) is 19.9. The normalized spacial score (nSPS) is 20.9. The third kappa shape index (κ3) is 5.30. The van der Waals surface area contributed by atoms with Crippen LogP contribution in [0.15, 0.2) is 54.6 Å². The van der Waals surface area contributed by atoms with Crippen LogP contribution in [0.3, 0.4) is 0 Å². The summed E-state index contributed by atoms with van der Waals surface area (Å²) in [7, 11) is 0. The maximum atomic E-state index is 13.7. The fourth-order valence-electron chi connectivity index (χ4n) is 4.73. The van der Waals surface area contributed by atoms with Crippen LogP contribution in [0.5, 0.6) is 5.75 Å². The first-order valence-electron chi connectivity index (χ1n) is 11.9. The Hall–Kier alpha value is -3.19. The number of carbonyl (C=O) groups excluding carboxylic acids is 3. The highest BCUT2D eigenvalue weighted by molar-refractivity contribution is 6.00. The quantitative estimate of drug-likeness (QED) is 0.686. The number of ether oxygens (including phenoxy) is 1. The highest BCUT2D eigenvalue weighted by atomic mass is 16.5. The highest BCUT2D eigenvalue weighted by Gasteiger charge is 2.45. The Morgan fingerprint density at radius 3 is 2.59 bits per heavy atom. The number of rotatable bonds is 6. The number of piperidine rings is 1. The molecule has 0 aromatic heterocycles. The van der Waals surface area contributed by atoms with Gasteiger partial charge in [-0.3, -0.25) is 14.4 Å². The predicted molar refractivity (Wildman–Crippen MR) is 130 cm³/mol. The van der Waals surface area contributed by atoms with Crippen LogP contribution >= 0.6 is 0 Å². The van der Waals surface area contributed by atoms with Gasteiger partial charge in [0, 0.05) is 6.54 Å². The van der Waals surface area contributed by atoms with Crippen molar-refractivity contribution in [3.63, 3.8) is 0 Å². The molecular weight excluding hydrogens is 430 g/mol. The maximum absolute atomic E-state index is 13.7. The van der Waals surface area contributed by atoms with Gasteiger partial charge in [-0.1, -0.05) is 42.5 Å². The molecule has 2 amide bonds. The second kappa shape index (κ2) is 9.58. The Labute approximate surface area is 200 Å². The third-order valence-electron chi connectivity index (χ3n) is 6.60. The van der Waals surface area contributed by atoms with E-state index in [2.05, 4.69) is 5.32 Å². The summed E-state index contributed by atoms with van der Waals surface area (Å²) in [5.41, 5.74) is 5.84. The number of benzene rings is 2. The molecule has 0 saturated carbocycles. The predicted octanol–water partition coefficient (Wildman–Crippen LogP) is 2.87. The Morgan fingerprint density at radius 2 is 1.85 bits per heavy atom. The van der Waals surface area contributed by atoms with Crippen LogP contribution in [0.1, 0.15) is 55.5 Å². The van der Waals surface area contributed by atoms with E-state index < -0.39 is 17.2 Å².